The van der Waals surface area contributed by atoms with Gasteiger partial charge in [0.05, 0.1) is 18.8 Å². The zero-order chi connectivity index (χ0) is 19.2. The zero-order valence-corrected chi connectivity index (χ0v) is 16.5. The van der Waals surface area contributed by atoms with Gasteiger partial charge < -0.3 is 4.74 Å². The molecule has 0 aliphatic rings. The molecule has 0 N–H and O–H groups in total. The van der Waals surface area contributed by atoms with Gasteiger partial charge >= 0.3 is 0 Å². The van der Waals surface area contributed by atoms with Crippen LogP contribution in [0.25, 0.3) is 0 Å². The first kappa shape index (κ1) is 20.8. The van der Waals surface area contributed by atoms with E-state index in [1.807, 2.05) is 6.07 Å². The molecule has 0 aliphatic heterocycles. The average molecular weight is 362 g/mol. The number of nitrogens with zero attached hydrogens (tertiary/aromatic N) is 1. The van der Waals surface area contributed by atoms with Crippen molar-refractivity contribution in [3.05, 3.63) is 83.1 Å². The van der Waals surface area contributed by atoms with E-state index in [0.29, 0.717) is 0 Å². The molecule has 0 atom stereocenters. The Hall–Kier alpha value is -2.53. The summed E-state index contributed by atoms with van der Waals surface area (Å²) in [6.45, 7) is 0. The van der Waals surface area contributed by atoms with E-state index >= 15 is 0 Å². The number of benzene rings is 2. The van der Waals surface area contributed by atoms with Gasteiger partial charge in [-0.2, -0.15) is 5.26 Å². The highest BCUT2D eigenvalue weighted by atomic mass is 16.5. The summed E-state index contributed by atoms with van der Waals surface area (Å²) in [4.78, 5) is 0. The SMILES string of the molecule is CO/C(CCCCc1ccccc1)=C(/C#N)CCCCCc1ccccc1. The van der Waals surface area contributed by atoms with Crippen LogP contribution >= 0.6 is 0 Å². The van der Waals surface area contributed by atoms with Crippen LogP contribution in [0.4, 0.5) is 0 Å². The van der Waals surface area contributed by atoms with Crippen LogP contribution in [0.3, 0.4) is 0 Å². The molecule has 0 saturated carbocycles. The summed E-state index contributed by atoms with van der Waals surface area (Å²) in [7, 11) is 1.69. The Morgan fingerprint density at radius 2 is 1.26 bits per heavy atom. The van der Waals surface area contributed by atoms with Crippen molar-refractivity contribution in [1.82, 2.24) is 0 Å². The topological polar surface area (TPSA) is 33.0 Å². The Labute approximate surface area is 164 Å². The van der Waals surface area contributed by atoms with E-state index in [1.54, 1.807) is 7.11 Å². The predicted octanol–water partition coefficient (Wildman–Crippen LogP) is 6.63. The number of hydrogen-bond donors (Lipinski definition) is 0. The van der Waals surface area contributed by atoms with Crippen molar-refractivity contribution >= 4 is 0 Å². The molecule has 2 rings (SSSR count). The second-order valence-corrected chi connectivity index (χ2v) is 6.96. The van der Waals surface area contributed by atoms with Crippen LogP contribution in [0.5, 0.6) is 0 Å². The summed E-state index contributed by atoms with van der Waals surface area (Å²) in [5, 5.41) is 9.51. The van der Waals surface area contributed by atoms with Gasteiger partial charge in [0, 0.05) is 6.42 Å². The summed E-state index contributed by atoms with van der Waals surface area (Å²) in [5.41, 5.74) is 3.60. The monoisotopic (exact) mass is 361 g/mol. The van der Waals surface area contributed by atoms with Crippen molar-refractivity contribution in [1.29, 1.82) is 5.26 Å². The van der Waals surface area contributed by atoms with Gasteiger partial charge in [0.2, 0.25) is 0 Å². The number of allylic oxidation sites excluding steroid dienone is 2. The average Bonchev–Trinajstić information content (AvgIpc) is 2.73. The Balaban J connectivity index is 1.69. The maximum Gasteiger partial charge on any atom is 0.109 e. The summed E-state index contributed by atoms with van der Waals surface area (Å²) >= 11 is 0. The van der Waals surface area contributed by atoms with Crippen molar-refractivity contribution in [2.24, 2.45) is 0 Å². The van der Waals surface area contributed by atoms with Gasteiger partial charge in [-0.25, -0.2) is 0 Å². The molecule has 0 aliphatic carbocycles. The molecule has 0 unspecified atom stereocenters. The molecule has 0 saturated heterocycles. The van der Waals surface area contributed by atoms with Gasteiger partial charge in [0.1, 0.15) is 5.76 Å². The number of hydrogen-bond acceptors (Lipinski definition) is 2. The summed E-state index contributed by atoms with van der Waals surface area (Å²) < 4.78 is 5.54. The van der Waals surface area contributed by atoms with Crippen LogP contribution in [0.1, 0.15) is 56.1 Å². The van der Waals surface area contributed by atoms with E-state index in [4.69, 9.17) is 4.74 Å². The van der Waals surface area contributed by atoms with Gasteiger partial charge in [0.15, 0.2) is 0 Å². The normalized spacial score (nSPS) is 11.6. The first-order valence-corrected chi connectivity index (χ1v) is 10.1. The third-order valence-corrected chi connectivity index (χ3v) is 4.92. The summed E-state index contributed by atoms with van der Waals surface area (Å²) in [5.74, 6) is 0.883. The number of rotatable bonds is 12. The number of unbranched alkanes of at least 4 members (excludes halogenated alkanes) is 3. The smallest absolute Gasteiger partial charge is 0.109 e. The zero-order valence-electron chi connectivity index (χ0n) is 16.5. The summed E-state index contributed by atoms with van der Waals surface area (Å²) in [6, 6.07) is 23.5. The lowest BCUT2D eigenvalue weighted by molar-refractivity contribution is 0.269. The van der Waals surface area contributed by atoms with E-state index < -0.39 is 0 Å². The lowest BCUT2D eigenvalue weighted by Gasteiger charge is -2.10. The Bertz CT molecular complexity index is 713. The van der Waals surface area contributed by atoms with Crippen molar-refractivity contribution in [3.63, 3.8) is 0 Å². The minimum atomic E-state index is 0.827. The fourth-order valence-corrected chi connectivity index (χ4v) is 3.35. The standard InChI is InChI=1S/C25H31NO/c1-27-25(20-12-11-18-23-15-7-3-8-16-23)24(21-26)19-10-4-9-17-22-13-5-2-6-14-22/h2-3,5-8,13-16H,4,9-12,17-20H2,1H3/b25-24+. The van der Waals surface area contributed by atoms with Crippen molar-refractivity contribution in [3.8, 4) is 6.07 Å². The lowest BCUT2D eigenvalue weighted by Crippen LogP contribution is -1.96. The van der Waals surface area contributed by atoms with Crippen molar-refractivity contribution in [2.45, 2.75) is 57.8 Å². The molecule has 27 heavy (non-hydrogen) atoms. The predicted molar refractivity (Wildman–Crippen MR) is 112 cm³/mol. The highest BCUT2D eigenvalue weighted by Crippen LogP contribution is 2.20. The molecule has 2 nitrogen and oxygen atoms in total. The molecule has 2 heteroatoms. The van der Waals surface area contributed by atoms with Gasteiger partial charge in [-0.1, -0.05) is 67.1 Å². The van der Waals surface area contributed by atoms with E-state index in [1.165, 1.54) is 17.5 Å². The van der Waals surface area contributed by atoms with Crippen LogP contribution in [-0.2, 0) is 17.6 Å². The molecule has 0 amide bonds. The number of nitriles is 1. The molecule has 2 aromatic carbocycles. The molecular formula is C25H31NO. The minimum Gasteiger partial charge on any atom is -0.500 e. The van der Waals surface area contributed by atoms with E-state index in [-0.39, 0.29) is 0 Å². The maximum absolute atomic E-state index is 9.51. The van der Waals surface area contributed by atoms with Gasteiger partial charge in [-0.15, -0.1) is 0 Å². The number of aryl methyl sites for hydroxylation is 2. The Kier molecular flexibility index (Phi) is 9.82. The highest BCUT2D eigenvalue weighted by Gasteiger charge is 2.07. The fourth-order valence-electron chi connectivity index (χ4n) is 3.35. The molecular weight excluding hydrogens is 330 g/mol. The first-order chi connectivity index (χ1) is 13.3. The third kappa shape index (κ3) is 8.13. The second kappa shape index (κ2) is 12.8. The minimum absolute atomic E-state index is 0.827. The number of ether oxygens (including phenoxy) is 1. The quantitative estimate of drug-likeness (QED) is 0.241. The van der Waals surface area contributed by atoms with Crippen LogP contribution in [-0.4, -0.2) is 7.11 Å². The summed E-state index contributed by atoms with van der Waals surface area (Å²) in [6.07, 6.45) is 9.41. The molecule has 0 fully saturated rings. The molecule has 0 aromatic heterocycles. The van der Waals surface area contributed by atoms with Crippen LogP contribution in [0.15, 0.2) is 72.0 Å². The van der Waals surface area contributed by atoms with Crippen molar-refractivity contribution in [2.75, 3.05) is 7.11 Å². The fraction of sp³-hybridized carbons (Fsp3) is 0.400. The van der Waals surface area contributed by atoms with E-state index in [2.05, 4.69) is 60.7 Å². The lowest BCUT2D eigenvalue weighted by atomic mass is 10.0. The molecule has 0 spiro atoms. The third-order valence-electron chi connectivity index (χ3n) is 4.92. The molecule has 0 heterocycles. The molecule has 0 bridgehead atoms. The largest absolute Gasteiger partial charge is 0.500 e. The molecule has 2 aromatic rings. The van der Waals surface area contributed by atoms with Crippen LogP contribution in [0.2, 0.25) is 0 Å². The van der Waals surface area contributed by atoms with E-state index in [9.17, 15) is 5.26 Å². The first-order valence-electron chi connectivity index (χ1n) is 10.1. The Morgan fingerprint density at radius 3 is 1.78 bits per heavy atom. The number of methoxy groups -OCH3 is 1. The van der Waals surface area contributed by atoms with Gasteiger partial charge in [0.25, 0.3) is 0 Å². The van der Waals surface area contributed by atoms with E-state index in [0.717, 1.165) is 62.7 Å². The second-order valence-electron chi connectivity index (χ2n) is 6.96. The van der Waals surface area contributed by atoms with Gasteiger partial charge in [-0.3, -0.25) is 0 Å². The molecule has 0 radical (unpaired) electrons. The highest BCUT2D eigenvalue weighted by molar-refractivity contribution is 5.24. The molecule has 142 valence electrons. The maximum atomic E-state index is 9.51. The Morgan fingerprint density at radius 1 is 0.741 bits per heavy atom. The van der Waals surface area contributed by atoms with Crippen molar-refractivity contribution < 1.29 is 4.74 Å². The van der Waals surface area contributed by atoms with Crippen LogP contribution < -0.4 is 0 Å². The van der Waals surface area contributed by atoms with Crippen LogP contribution in [0, 0.1) is 11.3 Å². The van der Waals surface area contributed by atoms with Gasteiger partial charge in [-0.05, 0) is 56.1 Å².